The highest BCUT2D eigenvalue weighted by molar-refractivity contribution is 5.34. The number of aliphatic hydroxyl groups is 2. The van der Waals surface area contributed by atoms with Gasteiger partial charge in [0.05, 0.1) is 11.2 Å². The van der Waals surface area contributed by atoms with Gasteiger partial charge in [0.2, 0.25) is 0 Å². The molecule has 0 aromatic carbocycles. The molecule has 0 bridgehead atoms. The van der Waals surface area contributed by atoms with Crippen LogP contribution in [-0.4, -0.2) is 10.2 Å². The van der Waals surface area contributed by atoms with Crippen molar-refractivity contribution in [1.29, 1.82) is 0 Å². The van der Waals surface area contributed by atoms with Crippen molar-refractivity contribution in [2.24, 2.45) is 11.3 Å². The molecule has 0 fully saturated rings. The van der Waals surface area contributed by atoms with Crippen molar-refractivity contribution in [2.75, 3.05) is 0 Å². The van der Waals surface area contributed by atoms with Crippen LogP contribution in [0.3, 0.4) is 0 Å². The van der Waals surface area contributed by atoms with E-state index in [9.17, 15) is 10.2 Å². The van der Waals surface area contributed by atoms with Gasteiger partial charge in [0.1, 0.15) is 23.0 Å². The van der Waals surface area contributed by atoms with E-state index >= 15 is 0 Å². The molecule has 4 unspecified atom stereocenters. The first-order valence-electron chi connectivity index (χ1n) is 12.3. The fraction of sp³-hybridized carbons (Fsp3) is 0.714. The molecular weight excluding hydrogens is 400 g/mol. The van der Waals surface area contributed by atoms with Crippen LogP contribution in [0.5, 0.6) is 0 Å². The summed E-state index contributed by atoms with van der Waals surface area (Å²) >= 11 is 0. The smallest absolute Gasteiger partial charge is 0.110 e. The second-order valence-electron chi connectivity index (χ2n) is 12.7. The van der Waals surface area contributed by atoms with Crippen molar-refractivity contribution in [1.82, 2.24) is 0 Å². The monoisotopic (exact) mass is 442 g/mol. The van der Waals surface area contributed by atoms with Gasteiger partial charge in [-0.2, -0.15) is 0 Å². The molecule has 4 heteroatoms. The fourth-order valence-electron chi connectivity index (χ4n) is 6.16. The van der Waals surface area contributed by atoms with Crippen LogP contribution in [0, 0.1) is 11.3 Å². The average Bonchev–Trinajstić information content (AvgIpc) is 3.24. The molecule has 0 spiro atoms. The zero-order chi connectivity index (χ0) is 23.7. The lowest BCUT2D eigenvalue weighted by atomic mass is 9.65. The Morgan fingerprint density at radius 1 is 1.03 bits per heavy atom. The summed E-state index contributed by atoms with van der Waals surface area (Å²) in [5.41, 5.74) is 0.0362. The molecule has 32 heavy (non-hydrogen) atoms. The van der Waals surface area contributed by atoms with Gasteiger partial charge in [0.25, 0.3) is 0 Å². The molecule has 0 amide bonds. The van der Waals surface area contributed by atoms with Crippen LogP contribution in [0.1, 0.15) is 121 Å². The van der Waals surface area contributed by atoms with Crippen LogP contribution in [0.25, 0.3) is 0 Å². The number of furan rings is 2. The molecular formula is C28H42O4. The summed E-state index contributed by atoms with van der Waals surface area (Å²) in [7, 11) is 0. The van der Waals surface area contributed by atoms with Gasteiger partial charge in [0.15, 0.2) is 0 Å². The summed E-state index contributed by atoms with van der Waals surface area (Å²) in [4.78, 5) is 0. The minimum absolute atomic E-state index is 0.0495. The summed E-state index contributed by atoms with van der Waals surface area (Å²) in [5, 5.41) is 22.2. The van der Waals surface area contributed by atoms with Gasteiger partial charge in [-0.25, -0.2) is 0 Å². The molecule has 2 heterocycles. The number of hydrogen-bond donors (Lipinski definition) is 2. The molecule has 0 aliphatic heterocycles. The molecule has 4 nitrogen and oxygen atoms in total. The Hall–Kier alpha value is -1.52. The molecule has 2 aromatic rings. The SMILES string of the molecule is CC1Cc2oc(C(C)(C)CCC3(C)Cc4oc(C(C)C)cc4C(C)(O)C3)cc2C(C)(O)C1. The van der Waals surface area contributed by atoms with Crippen LogP contribution < -0.4 is 0 Å². The minimum Gasteiger partial charge on any atom is -0.465 e. The maximum absolute atomic E-state index is 11.3. The largest absolute Gasteiger partial charge is 0.465 e. The number of fused-ring (bicyclic) bond motifs is 2. The lowest BCUT2D eigenvalue weighted by Gasteiger charge is -2.42. The second kappa shape index (κ2) is 7.50. The zero-order valence-corrected chi connectivity index (χ0v) is 21.3. The van der Waals surface area contributed by atoms with Gasteiger partial charge in [-0.15, -0.1) is 0 Å². The van der Waals surface area contributed by atoms with Crippen LogP contribution in [0.15, 0.2) is 21.0 Å². The third-order valence-electron chi connectivity index (χ3n) is 8.03. The van der Waals surface area contributed by atoms with Gasteiger partial charge >= 0.3 is 0 Å². The minimum atomic E-state index is -0.873. The van der Waals surface area contributed by atoms with E-state index in [1.807, 2.05) is 13.8 Å². The van der Waals surface area contributed by atoms with Crippen molar-refractivity contribution in [2.45, 2.75) is 116 Å². The molecule has 0 saturated carbocycles. The fourth-order valence-corrected chi connectivity index (χ4v) is 6.16. The van der Waals surface area contributed by atoms with E-state index in [4.69, 9.17) is 8.83 Å². The first-order chi connectivity index (χ1) is 14.6. The van der Waals surface area contributed by atoms with Gasteiger partial charge < -0.3 is 19.0 Å². The normalized spacial score (nSPS) is 32.8. The molecule has 2 N–H and O–H groups in total. The van der Waals surface area contributed by atoms with E-state index in [2.05, 4.69) is 53.7 Å². The molecule has 4 rings (SSSR count). The number of rotatable bonds is 5. The Bertz CT molecular complexity index is 987. The molecule has 2 aliphatic rings. The van der Waals surface area contributed by atoms with Crippen molar-refractivity contribution in [3.63, 3.8) is 0 Å². The Balaban J connectivity index is 1.54. The first-order valence-corrected chi connectivity index (χ1v) is 12.3. The van der Waals surface area contributed by atoms with E-state index < -0.39 is 11.2 Å². The van der Waals surface area contributed by atoms with E-state index in [0.717, 1.165) is 72.7 Å². The van der Waals surface area contributed by atoms with Gasteiger partial charge in [-0.3, -0.25) is 0 Å². The lowest BCUT2D eigenvalue weighted by molar-refractivity contribution is -0.0158. The Labute approximate surface area is 193 Å². The highest BCUT2D eigenvalue weighted by atomic mass is 16.4. The quantitative estimate of drug-likeness (QED) is 0.540. The lowest BCUT2D eigenvalue weighted by Crippen LogP contribution is -2.38. The standard InChI is InChI=1S/C28H42O4/c1-17(2)21-12-19-23(31-21)15-26(6,16-28(19,8)30)10-9-25(4,5)24-13-20-22(32-24)11-18(3)14-27(20,7)29/h12-13,17-18,29-30H,9-11,14-16H2,1-8H3. The van der Waals surface area contributed by atoms with Crippen LogP contribution >= 0.6 is 0 Å². The van der Waals surface area contributed by atoms with Gasteiger partial charge in [-0.05, 0) is 63.0 Å². The summed E-state index contributed by atoms with van der Waals surface area (Å²) in [5.74, 6) is 4.55. The van der Waals surface area contributed by atoms with Crippen LogP contribution in [-0.2, 0) is 29.5 Å². The highest BCUT2D eigenvalue weighted by Gasteiger charge is 2.45. The van der Waals surface area contributed by atoms with Crippen molar-refractivity contribution >= 4 is 0 Å². The Kier molecular flexibility index (Phi) is 5.54. The first kappa shape index (κ1) is 23.6. The van der Waals surface area contributed by atoms with E-state index in [1.54, 1.807) is 0 Å². The predicted molar refractivity (Wildman–Crippen MR) is 127 cm³/mol. The van der Waals surface area contributed by atoms with Crippen molar-refractivity contribution in [3.8, 4) is 0 Å². The molecule has 0 saturated heterocycles. The summed E-state index contributed by atoms with van der Waals surface area (Å²) in [6.07, 6.45) is 5.14. The van der Waals surface area contributed by atoms with Gasteiger partial charge in [-0.1, -0.05) is 41.5 Å². The van der Waals surface area contributed by atoms with Crippen LogP contribution in [0.4, 0.5) is 0 Å². The summed E-state index contributed by atoms with van der Waals surface area (Å²) in [6, 6.07) is 4.16. The Morgan fingerprint density at radius 2 is 1.69 bits per heavy atom. The van der Waals surface area contributed by atoms with E-state index in [1.165, 1.54) is 0 Å². The van der Waals surface area contributed by atoms with Crippen molar-refractivity contribution < 1.29 is 19.0 Å². The Morgan fingerprint density at radius 3 is 2.34 bits per heavy atom. The predicted octanol–water partition coefficient (Wildman–Crippen LogP) is 6.70. The summed E-state index contributed by atoms with van der Waals surface area (Å²) in [6.45, 7) is 17.0. The second-order valence-corrected chi connectivity index (χ2v) is 12.7. The van der Waals surface area contributed by atoms with E-state index in [-0.39, 0.29) is 10.8 Å². The van der Waals surface area contributed by atoms with Crippen LogP contribution in [0.2, 0.25) is 0 Å². The van der Waals surface area contributed by atoms with Gasteiger partial charge in [0, 0.05) is 35.3 Å². The maximum atomic E-state index is 11.3. The molecule has 178 valence electrons. The third kappa shape index (κ3) is 4.21. The van der Waals surface area contributed by atoms with E-state index in [0.29, 0.717) is 11.8 Å². The molecule has 2 aromatic heterocycles. The average molecular weight is 443 g/mol. The molecule has 2 aliphatic carbocycles. The van der Waals surface area contributed by atoms with Crippen molar-refractivity contribution in [3.05, 3.63) is 46.3 Å². The highest BCUT2D eigenvalue weighted by Crippen LogP contribution is 2.50. The molecule has 4 atom stereocenters. The topological polar surface area (TPSA) is 66.7 Å². The molecule has 0 radical (unpaired) electrons. The third-order valence-corrected chi connectivity index (χ3v) is 8.03. The number of hydrogen-bond acceptors (Lipinski definition) is 4. The summed E-state index contributed by atoms with van der Waals surface area (Å²) < 4.78 is 12.5. The maximum Gasteiger partial charge on any atom is 0.110 e. The zero-order valence-electron chi connectivity index (χ0n) is 21.3.